The maximum atomic E-state index is 12.9. The van der Waals surface area contributed by atoms with E-state index in [4.69, 9.17) is 9.47 Å². The Balaban J connectivity index is 2.55. The second-order valence-corrected chi connectivity index (χ2v) is 6.22. The first-order chi connectivity index (χ1) is 13.2. The number of halogens is 3. The van der Waals surface area contributed by atoms with E-state index in [2.05, 4.69) is 15.0 Å². The SMILES string of the molecule is CCC(CC)Oc1cc(C)c(-c2ccc(OC)cc2OC(F)(F)F)nc1NC. The largest absolute Gasteiger partial charge is 0.573 e. The summed E-state index contributed by atoms with van der Waals surface area (Å²) in [6.45, 7) is 5.82. The van der Waals surface area contributed by atoms with Crippen molar-refractivity contribution in [2.24, 2.45) is 0 Å². The summed E-state index contributed by atoms with van der Waals surface area (Å²) < 4.78 is 53.9. The van der Waals surface area contributed by atoms with Crippen LogP contribution in [0.15, 0.2) is 24.3 Å². The first kappa shape index (κ1) is 21.7. The molecule has 0 fully saturated rings. The molecular formula is C20H25F3N2O3. The first-order valence-electron chi connectivity index (χ1n) is 9.02. The molecule has 0 atom stereocenters. The number of hydrogen-bond donors (Lipinski definition) is 1. The first-order valence-corrected chi connectivity index (χ1v) is 9.02. The Morgan fingerprint density at radius 2 is 1.79 bits per heavy atom. The average Bonchev–Trinajstić information content (AvgIpc) is 2.65. The molecule has 28 heavy (non-hydrogen) atoms. The van der Waals surface area contributed by atoms with E-state index in [0.717, 1.165) is 12.8 Å². The maximum Gasteiger partial charge on any atom is 0.573 e. The van der Waals surface area contributed by atoms with Crippen LogP contribution in [0.1, 0.15) is 32.3 Å². The number of rotatable bonds is 8. The van der Waals surface area contributed by atoms with Crippen molar-refractivity contribution < 1.29 is 27.4 Å². The van der Waals surface area contributed by atoms with Crippen LogP contribution in [-0.2, 0) is 0 Å². The Kier molecular flexibility index (Phi) is 6.99. The van der Waals surface area contributed by atoms with Crippen molar-refractivity contribution in [3.8, 4) is 28.5 Å². The van der Waals surface area contributed by atoms with Gasteiger partial charge in [-0.15, -0.1) is 13.2 Å². The van der Waals surface area contributed by atoms with Gasteiger partial charge >= 0.3 is 6.36 Å². The summed E-state index contributed by atoms with van der Waals surface area (Å²) in [5.41, 5.74) is 1.24. The summed E-state index contributed by atoms with van der Waals surface area (Å²) in [4.78, 5) is 4.50. The topological polar surface area (TPSA) is 52.6 Å². The number of benzene rings is 1. The van der Waals surface area contributed by atoms with Crippen LogP contribution in [0.5, 0.6) is 17.2 Å². The van der Waals surface area contributed by atoms with Crippen molar-refractivity contribution in [3.63, 3.8) is 0 Å². The van der Waals surface area contributed by atoms with Crippen molar-refractivity contribution in [2.75, 3.05) is 19.5 Å². The van der Waals surface area contributed by atoms with E-state index in [1.54, 1.807) is 26.1 Å². The number of aromatic nitrogens is 1. The second-order valence-electron chi connectivity index (χ2n) is 6.22. The highest BCUT2D eigenvalue weighted by Gasteiger charge is 2.33. The van der Waals surface area contributed by atoms with E-state index in [1.165, 1.54) is 19.2 Å². The number of anilines is 1. The van der Waals surface area contributed by atoms with E-state index in [0.29, 0.717) is 22.8 Å². The summed E-state index contributed by atoms with van der Waals surface area (Å²) >= 11 is 0. The van der Waals surface area contributed by atoms with Crippen LogP contribution in [-0.4, -0.2) is 31.6 Å². The van der Waals surface area contributed by atoms with Gasteiger partial charge in [0.15, 0.2) is 11.6 Å². The zero-order valence-electron chi connectivity index (χ0n) is 16.6. The number of alkyl halides is 3. The second kappa shape index (κ2) is 9.03. The van der Waals surface area contributed by atoms with Crippen LogP contribution >= 0.6 is 0 Å². The third-order valence-electron chi connectivity index (χ3n) is 4.29. The highest BCUT2D eigenvalue weighted by molar-refractivity contribution is 5.74. The zero-order chi connectivity index (χ0) is 20.9. The molecule has 1 N–H and O–H groups in total. The zero-order valence-corrected chi connectivity index (χ0v) is 16.6. The Morgan fingerprint density at radius 1 is 1.11 bits per heavy atom. The smallest absolute Gasteiger partial charge is 0.497 e. The number of nitrogens with one attached hydrogen (secondary N) is 1. The van der Waals surface area contributed by atoms with Crippen LogP contribution < -0.4 is 19.5 Å². The minimum Gasteiger partial charge on any atom is -0.497 e. The van der Waals surface area contributed by atoms with Gasteiger partial charge in [-0.3, -0.25) is 0 Å². The molecule has 0 aliphatic heterocycles. The van der Waals surface area contributed by atoms with Gasteiger partial charge in [0, 0.05) is 18.7 Å². The lowest BCUT2D eigenvalue weighted by Crippen LogP contribution is -2.18. The van der Waals surface area contributed by atoms with E-state index in [-0.39, 0.29) is 23.2 Å². The molecule has 0 radical (unpaired) electrons. The van der Waals surface area contributed by atoms with Crippen molar-refractivity contribution in [1.29, 1.82) is 0 Å². The fourth-order valence-corrected chi connectivity index (χ4v) is 2.80. The van der Waals surface area contributed by atoms with Gasteiger partial charge in [-0.05, 0) is 43.5 Å². The Bertz CT molecular complexity index is 806. The highest BCUT2D eigenvalue weighted by Crippen LogP contribution is 2.39. The molecule has 0 aliphatic carbocycles. The lowest BCUT2D eigenvalue weighted by atomic mass is 10.0. The molecule has 2 rings (SSSR count). The number of ether oxygens (including phenoxy) is 3. The van der Waals surface area contributed by atoms with Crippen LogP contribution in [0, 0.1) is 6.92 Å². The third kappa shape index (κ3) is 5.21. The highest BCUT2D eigenvalue weighted by atomic mass is 19.4. The van der Waals surface area contributed by atoms with E-state index in [9.17, 15) is 13.2 Å². The Morgan fingerprint density at radius 3 is 2.32 bits per heavy atom. The Hall–Kier alpha value is -2.64. The molecule has 0 bridgehead atoms. The van der Waals surface area contributed by atoms with Crippen LogP contribution in [0.2, 0.25) is 0 Å². The average molecular weight is 398 g/mol. The lowest BCUT2D eigenvalue weighted by Gasteiger charge is -2.20. The molecule has 0 amide bonds. The molecular weight excluding hydrogens is 373 g/mol. The van der Waals surface area contributed by atoms with Gasteiger partial charge in [0.25, 0.3) is 0 Å². The van der Waals surface area contributed by atoms with Crippen LogP contribution in [0.3, 0.4) is 0 Å². The molecule has 1 aromatic heterocycles. The molecule has 0 aliphatic rings. The summed E-state index contributed by atoms with van der Waals surface area (Å²) in [6, 6.07) is 6.02. The normalized spacial score (nSPS) is 11.5. The van der Waals surface area contributed by atoms with Gasteiger partial charge < -0.3 is 19.5 Å². The summed E-state index contributed by atoms with van der Waals surface area (Å²) in [5, 5.41) is 2.95. The van der Waals surface area contributed by atoms with Crippen molar-refractivity contribution in [2.45, 2.75) is 46.1 Å². The van der Waals surface area contributed by atoms with Crippen molar-refractivity contribution in [1.82, 2.24) is 4.98 Å². The van der Waals surface area contributed by atoms with E-state index >= 15 is 0 Å². The van der Waals surface area contributed by atoms with Gasteiger partial charge in [0.2, 0.25) is 0 Å². The molecule has 154 valence electrons. The van der Waals surface area contributed by atoms with Crippen LogP contribution in [0.25, 0.3) is 11.3 Å². The number of aryl methyl sites for hydroxylation is 1. The van der Waals surface area contributed by atoms with Gasteiger partial charge in [0.05, 0.1) is 18.9 Å². The fraction of sp³-hybridized carbons (Fsp3) is 0.450. The molecule has 8 heteroatoms. The van der Waals surface area contributed by atoms with Gasteiger partial charge in [-0.2, -0.15) is 0 Å². The molecule has 0 saturated heterocycles. The predicted molar refractivity (Wildman–Crippen MR) is 102 cm³/mol. The number of methoxy groups -OCH3 is 1. The quantitative estimate of drug-likeness (QED) is 0.630. The molecule has 0 unspecified atom stereocenters. The van der Waals surface area contributed by atoms with Gasteiger partial charge in [-0.1, -0.05) is 13.8 Å². The molecule has 5 nitrogen and oxygen atoms in total. The van der Waals surface area contributed by atoms with Crippen molar-refractivity contribution in [3.05, 3.63) is 29.8 Å². The Labute approximate surface area is 162 Å². The van der Waals surface area contributed by atoms with Crippen LogP contribution in [0.4, 0.5) is 19.0 Å². The van der Waals surface area contributed by atoms with Gasteiger partial charge in [-0.25, -0.2) is 4.98 Å². The minimum absolute atomic E-state index is 0.0317. The maximum absolute atomic E-state index is 12.9. The number of nitrogens with zero attached hydrogens (tertiary/aromatic N) is 1. The predicted octanol–water partition coefficient (Wildman–Crippen LogP) is 5.57. The molecule has 1 heterocycles. The summed E-state index contributed by atoms with van der Waals surface area (Å²) in [7, 11) is 3.06. The number of hydrogen-bond acceptors (Lipinski definition) is 5. The monoisotopic (exact) mass is 398 g/mol. The van der Waals surface area contributed by atoms with Gasteiger partial charge in [0.1, 0.15) is 11.5 Å². The van der Waals surface area contributed by atoms with E-state index < -0.39 is 6.36 Å². The summed E-state index contributed by atoms with van der Waals surface area (Å²) in [5.74, 6) is 0.881. The molecule has 0 saturated carbocycles. The summed E-state index contributed by atoms with van der Waals surface area (Å²) in [6.07, 6.45) is -3.13. The standard InChI is InChI=1S/C20H25F3N2O3/c1-6-13(7-2)27-17-10-12(3)18(25-19(17)24-4)15-9-8-14(26-5)11-16(15)28-20(21,22)23/h8-11,13H,6-7H2,1-5H3,(H,24,25). The molecule has 1 aromatic carbocycles. The molecule has 2 aromatic rings. The lowest BCUT2D eigenvalue weighted by molar-refractivity contribution is -0.274. The molecule has 0 spiro atoms. The third-order valence-corrected chi connectivity index (χ3v) is 4.29. The minimum atomic E-state index is -4.83. The van der Waals surface area contributed by atoms with E-state index in [1.807, 2.05) is 13.8 Å². The number of pyridine rings is 1. The fourth-order valence-electron chi connectivity index (χ4n) is 2.80. The van der Waals surface area contributed by atoms with Crippen molar-refractivity contribution >= 4 is 5.82 Å².